The highest BCUT2D eigenvalue weighted by Gasteiger charge is 2.23. The normalized spacial score (nSPS) is 10.9. The first-order valence-corrected chi connectivity index (χ1v) is 8.54. The molecular formula is C19H18N2O3S. The zero-order valence-electron chi connectivity index (χ0n) is 14.3. The third-order valence-electron chi connectivity index (χ3n) is 3.57. The number of aryl methyl sites for hydroxylation is 1. The van der Waals surface area contributed by atoms with Crippen LogP contribution < -0.4 is 5.32 Å². The van der Waals surface area contributed by atoms with Crippen molar-refractivity contribution in [1.29, 1.82) is 5.26 Å². The molecule has 0 aliphatic carbocycles. The molecule has 1 amide bonds. The van der Waals surface area contributed by atoms with Gasteiger partial charge in [0.2, 0.25) is 0 Å². The van der Waals surface area contributed by atoms with Crippen LogP contribution in [0.3, 0.4) is 0 Å². The van der Waals surface area contributed by atoms with Gasteiger partial charge >= 0.3 is 5.97 Å². The van der Waals surface area contributed by atoms with Gasteiger partial charge in [-0.3, -0.25) is 4.79 Å². The van der Waals surface area contributed by atoms with Crippen molar-refractivity contribution in [3.63, 3.8) is 0 Å². The number of anilines is 1. The van der Waals surface area contributed by atoms with E-state index in [1.807, 2.05) is 31.2 Å². The lowest BCUT2D eigenvalue weighted by atomic mass is 10.1. The Balaban J connectivity index is 2.31. The first kappa shape index (κ1) is 18.4. The SMILES string of the molecule is CCOC(=O)c1c(NC(=O)/C(C#N)=C\c2ccccc2)sc(C)c1C. The number of benzene rings is 1. The molecule has 0 radical (unpaired) electrons. The van der Waals surface area contributed by atoms with Crippen molar-refractivity contribution in [2.75, 3.05) is 11.9 Å². The molecule has 6 heteroatoms. The predicted molar refractivity (Wildman–Crippen MR) is 98.4 cm³/mol. The summed E-state index contributed by atoms with van der Waals surface area (Å²) in [5, 5.41) is 12.4. The summed E-state index contributed by atoms with van der Waals surface area (Å²) < 4.78 is 5.06. The van der Waals surface area contributed by atoms with Crippen LogP contribution in [0.5, 0.6) is 0 Å². The van der Waals surface area contributed by atoms with Crippen molar-refractivity contribution in [3.8, 4) is 6.07 Å². The summed E-state index contributed by atoms with van der Waals surface area (Å²) in [4.78, 5) is 25.5. The van der Waals surface area contributed by atoms with Crippen LogP contribution in [-0.2, 0) is 9.53 Å². The monoisotopic (exact) mass is 354 g/mol. The van der Waals surface area contributed by atoms with Gasteiger partial charge in [-0.2, -0.15) is 5.26 Å². The van der Waals surface area contributed by atoms with Crippen LogP contribution in [0.4, 0.5) is 5.00 Å². The lowest BCUT2D eigenvalue weighted by Crippen LogP contribution is -2.16. The molecule has 2 aromatic rings. The fourth-order valence-electron chi connectivity index (χ4n) is 2.20. The number of nitrogens with zero attached hydrogens (tertiary/aromatic N) is 1. The molecule has 0 spiro atoms. The fraction of sp³-hybridized carbons (Fsp3) is 0.211. The summed E-state index contributed by atoms with van der Waals surface area (Å²) in [7, 11) is 0. The van der Waals surface area contributed by atoms with E-state index in [9.17, 15) is 14.9 Å². The number of thiophene rings is 1. The van der Waals surface area contributed by atoms with Gasteiger partial charge in [0.15, 0.2) is 0 Å². The minimum Gasteiger partial charge on any atom is -0.462 e. The maximum Gasteiger partial charge on any atom is 0.341 e. The number of rotatable bonds is 5. The zero-order valence-corrected chi connectivity index (χ0v) is 15.1. The number of carbonyl (C=O) groups is 2. The average Bonchev–Trinajstić information content (AvgIpc) is 2.87. The Bertz CT molecular complexity index is 861. The topological polar surface area (TPSA) is 79.2 Å². The molecule has 2 rings (SSSR count). The van der Waals surface area contributed by atoms with Crippen LogP contribution in [0.15, 0.2) is 35.9 Å². The third-order valence-corrected chi connectivity index (χ3v) is 4.69. The molecule has 0 atom stereocenters. The molecule has 1 aromatic carbocycles. The largest absolute Gasteiger partial charge is 0.462 e. The highest BCUT2D eigenvalue weighted by atomic mass is 32.1. The summed E-state index contributed by atoms with van der Waals surface area (Å²) in [6.45, 7) is 5.64. The van der Waals surface area contributed by atoms with Gasteiger partial charge in [-0.15, -0.1) is 11.3 Å². The van der Waals surface area contributed by atoms with Crippen LogP contribution in [0.2, 0.25) is 0 Å². The van der Waals surface area contributed by atoms with Gasteiger partial charge in [0.1, 0.15) is 16.6 Å². The summed E-state index contributed by atoms with van der Waals surface area (Å²) >= 11 is 1.29. The van der Waals surface area contributed by atoms with Gasteiger partial charge in [-0.25, -0.2) is 4.79 Å². The van der Waals surface area contributed by atoms with E-state index in [4.69, 9.17) is 4.74 Å². The van der Waals surface area contributed by atoms with Crippen molar-refractivity contribution in [1.82, 2.24) is 0 Å². The van der Waals surface area contributed by atoms with Crippen molar-refractivity contribution in [2.24, 2.45) is 0 Å². The van der Waals surface area contributed by atoms with Crippen molar-refractivity contribution >= 4 is 34.3 Å². The van der Waals surface area contributed by atoms with E-state index in [1.165, 1.54) is 17.4 Å². The Morgan fingerprint density at radius 3 is 2.56 bits per heavy atom. The molecule has 0 fully saturated rings. The van der Waals surface area contributed by atoms with Crippen LogP contribution in [0.1, 0.15) is 33.3 Å². The van der Waals surface area contributed by atoms with Crippen LogP contribution in [0, 0.1) is 25.2 Å². The highest BCUT2D eigenvalue weighted by Crippen LogP contribution is 2.33. The van der Waals surface area contributed by atoms with Crippen molar-refractivity contribution < 1.29 is 14.3 Å². The van der Waals surface area contributed by atoms with Gasteiger partial charge < -0.3 is 10.1 Å². The molecule has 1 heterocycles. The second kappa shape index (κ2) is 8.27. The summed E-state index contributed by atoms with van der Waals surface area (Å²) in [6.07, 6.45) is 1.51. The third kappa shape index (κ3) is 4.34. The lowest BCUT2D eigenvalue weighted by molar-refractivity contribution is -0.112. The van der Waals surface area contributed by atoms with E-state index in [0.717, 1.165) is 16.0 Å². The average molecular weight is 354 g/mol. The van der Waals surface area contributed by atoms with E-state index in [2.05, 4.69) is 5.32 Å². The standard InChI is InChI=1S/C19H18N2O3S/c1-4-24-19(23)16-12(2)13(3)25-18(16)21-17(22)15(11-20)10-14-8-6-5-7-9-14/h5-10H,4H2,1-3H3,(H,21,22)/b15-10-. The molecule has 0 bridgehead atoms. The summed E-state index contributed by atoms with van der Waals surface area (Å²) in [5.74, 6) is -1.04. The van der Waals surface area contributed by atoms with Crippen molar-refractivity contribution in [3.05, 3.63) is 57.5 Å². The molecule has 0 saturated carbocycles. The Kier molecular flexibility index (Phi) is 6.09. The van der Waals surface area contributed by atoms with E-state index in [-0.39, 0.29) is 12.2 Å². The number of carbonyl (C=O) groups excluding carboxylic acids is 2. The Hall–Kier alpha value is -2.91. The first-order valence-electron chi connectivity index (χ1n) is 7.73. The smallest absolute Gasteiger partial charge is 0.341 e. The van der Waals surface area contributed by atoms with Crippen LogP contribution in [0.25, 0.3) is 6.08 Å². The Morgan fingerprint density at radius 1 is 1.28 bits per heavy atom. The number of nitriles is 1. The number of hydrogen-bond donors (Lipinski definition) is 1. The Morgan fingerprint density at radius 2 is 1.96 bits per heavy atom. The zero-order chi connectivity index (χ0) is 18.4. The number of ether oxygens (including phenoxy) is 1. The molecule has 25 heavy (non-hydrogen) atoms. The van der Waals surface area contributed by atoms with Crippen molar-refractivity contribution in [2.45, 2.75) is 20.8 Å². The molecule has 0 aliphatic heterocycles. The van der Waals surface area contributed by atoms with Gasteiger partial charge in [0.05, 0.1) is 12.2 Å². The van der Waals surface area contributed by atoms with Crippen LogP contribution in [-0.4, -0.2) is 18.5 Å². The molecule has 0 aliphatic rings. The van der Waals surface area contributed by atoms with E-state index in [1.54, 1.807) is 26.0 Å². The number of amides is 1. The lowest BCUT2D eigenvalue weighted by Gasteiger charge is -2.06. The number of hydrogen-bond acceptors (Lipinski definition) is 5. The van der Waals surface area contributed by atoms with Crippen LogP contribution >= 0.6 is 11.3 Å². The second-order valence-electron chi connectivity index (χ2n) is 5.24. The molecular weight excluding hydrogens is 336 g/mol. The molecule has 128 valence electrons. The van der Waals surface area contributed by atoms with E-state index >= 15 is 0 Å². The van der Waals surface area contributed by atoms with Gasteiger partial charge in [0.25, 0.3) is 5.91 Å². The quantitative estimate of drug-likeness (QED) is 0.498. The number of esters is 1. The van der Waals surface area contributed by atoms with E-state index in [0.29, 0.717) is 10.6 Å². The molecule has 1 aromatic heterocycles. The summed E-state index contributed by atoms with van der Waals surface area (Å²) in [6, 6.07) is 11.0. The highest BCUT2D eigenvalue weighted by molar-refractivity contribution is 7.16. The minimum atomic E-state index is -0.557. The van der Waals surface area contributed by atoms with E-state index < -0.39 is 11.9 Å². The molecule has 1 N–H and O–H groups in total. The first-order chi connectivity index (χ1) is 12.0. The Labute approximate surface area is 150 Å². The molecule has 0 saturated heterocycles. The second-order valence-corrected chi connectivity index (χ2v) is 6.47. The minimum absolute atomic E-state index is 0.0373. The maximum atomic E-state index is 12.5. The molecule has 5 nitrogen and oxygen atoms in total. The van der Waals surface area contributed by atoms with Gasteiger partial charge in [-0.1, -0.05) is 30.3 Å². The summed E-state index contributed by atoms with van der Waals surface area (Å²) in [5.41, 5.74) is 1.82. The fourth-order valence-corrected chi connectivity index (χ4v) is 3.24. The molecule has 0 unspecified atom stereocenters. The van der Waals surface area contributed by atoms with Gasteiger partial charge in [0, 0.05) is 4.88 Å². The maximum absolute atomic E-state index is 12.5. The van der Waals surface area contributed by atoms with Gasteiger partial charge in [-0.05, 0) is 38.0 Å². The number of nitrogens with one attached hydrogen (secondary N) is 1. The predicted octanol–water partition coefficient (Wildman–Crippen LogP) is 4.09.